The highest BCUT2D eigenvalue weighted by atomic mass is 35.5. The van der Waals surface area contributed by atoms with Crippen LogP contribution < -0.4 is 0 Å². The van der Waals surface area contributed by atoms with Gasteiger partial charge in [0.25, 0.3) is 5.91 Å². The van der Waals surface area contributed by atoms with Crippen LogP contribution in [0.2, 0.25) is 15.1 Å². The molecule has 0 spiro atoms. The second-order valence-corrected chi connectivity index (χ2v) is 7.21. The number of piperazine rings is 1. The van der Waals surface area contributed by atoms with E-state index in [9.17, 15) is 9.59 Å². The van der Waals surface area contributed by atoms with E-state index >= 15 is 0 Å². The third-order valence-corrected chi connectivity index (χ3v) is 5.73. The summed E-state index contributed by atoms with van der Waals surface area (Å²) in [5, 5.41) is 1.97. The van der Waals surface area contributed by atoms with E-state index in [1.165, 1.54) is 11.3 Å². The zero-order valence-corrected chi connectivity index (χ0v) is 14.4. The van der Waals surface area contributed by atoms with Crippen LogP contribution in [-0.4, -0.2) is 48.3 Å². The summed E-state index contributed by atoms with van der Waals surface area (Å²) in [6.07, 6.45) is 0.802. The molecular formula is C14H11Cl3N2O2S. The maximum Gasteiger partial charge on any atom is 0.265 e. The smallest absolute Gasteiger partial charge is 0.265 e. The average molecular weight is 378 g/mol. The predicted molar refractivity (Wildman–Crippen MR) is 90.4 cm³/mol. The van der Waals surface area contributed by atoms with Gasteiger partial charge in [-0.2, -0.15) is 0 Å². The van der Waals surface area contributed by atoms with Crippen molar-refractivity contribution in [3.05, 3.63) is 32.1 Å². The van der Waals surface area contributed by atoms with Crippen molar-refractivity contribution in [2.24, 2.45) is 0 Å². The Balaban J connectivity index is 1.93. The Kier molecular flexibility index (Phi) is 4.50. The first kappa shape index (κ1) is 15.9. The van der Waals surface area contributed by atoms with Crippen LogP contribution in [0.3, 0.4) is 0 Å². The molecule has 2 heterocycles. The lowest BCUT2D eigenvalue weighted by atomic mass is 10.2. The van der Waals surface area contributed by atoms with Crippen molar-refractivity contribution in [1.82, 2.24) is 9.80 Å². The summed E-state index contributed by atoms with van der Waals surface area (Å²) < 4.78 is 0.789. The maximum absolute atomic E-state index is 12.7. The number of thiophene rings is 1. The Bertz CT molecular complexity index is 754. The third kappa shape index (κ3) is 2.78. The zero-order valence-electron chi connectivity index (χ0n) is 11.3. The van der Waals surface area contributed by atoms with Gasteiger partial charge in [0, 0.05) is 41.3 Å². The summed E-state index contributed by atoms with van der Waals surface area (Å²) in [5.74, 6) is -0.135. The van der Waals surface area contributed by atoms with E-state index in [1.807, 2.05) is 0 Å². The second-order valence-electron chi connectivity index (χ2n) is 4.94. The lowest BCUT2D eigenvalue weighted by molar-refractivity contribution is -0.119. The number of halogens is 3. The fraction of sp³-hybridized carbons (Fsp3) is 0.286. The molecule has 1 fully saturated rings. The van der Waals surface area contributed by atoms with Crippen LogP contribution in [0.25, 0.3) is 10.1 Å². The van der Waals surface area contributed by atoms with Gasteiger partial charge < -0.3 is 9.80 Å². The molecule has 1 aromatic carbocycles. The number of carbonyl (C=O) groups is 2. The summed E-state index contributed by atoms with van der Waals surface area (Å²) in [4.78, 5) is 27.2. The van der Waals surface area contributed by atoms with Crippen LogP contribution in [0.5, 0.6) is 0 Å². The molecule has 2 aromatic rings. The van der Waals surface area contributed by atoms with Gasteiger partial charge in [-0.3, -0.25) is 9.59 Å². The van der Waals surface area contributed by atoms with E-state index in [4.69, 9.17) is 34.8 Å². The fourth-order valence-corrected chi connectivity index (χ4v) is 4.76. The van der Waals surface area contributed by atoms with Gasteiger partial charge in [-0.25, -0.2) is 0 Å². The number of benzene rings is 1. The molecule has 1 aliphatic heterocycles. The minimum absolute atomic E-state index is 0.135. The van der Waals surface area contributed by atoms with Crippen LogP contribution in [0.4, 0.5) is 0 Å². The summed E-state index contributed by atoms with van der Waals surface area (Å²) in [5.41, 5.74) is 0. The molecule has 0 N–H and O–H groups in total. The third-order valence-electron chi connectivity index (χ3n) is 3.59. The van der Waals surface area contributed by atoms with E-state index in [1.54, 1.807) is 21.9 Å². The van der Waals surface area contributed by atoms with Crippen molar-refractivity contribution < 1.29 is 9.59 Å². The fourth-order valence-electron chi connectivity index (χ4n) is 2.42. The maximum atomic E-state index is 12.7. The normalized spacial score (nSPS) is 15.4. The molecule has 116 valence electrons. The molecule has 2 amide bonds. The summed E-state index contributed by atoms with van der Waals surface area (Å²) in [7, 11) is 0. The van der Waals surface area contributed by atoms with Crippen molar-refractivity contribution in [1.29, 1.82) is 0 Å². The Morgan fingerprint density at radius 3 is 2.45 bits per heavy atom. The molecule has 0 aliphatic carbocycles. The van der Waals surface area contributed by atoms with Gasteiger partial charge in [-0.1, -0.05) is 34.8 Å². The van der Waals surface area contributed by atoms with E-state index < -0.39 is 0 Å². The number of hydrogen-bond acceptors (Lipinski definition) is 3. The molecule has 0 atom stereocenters. The Hall–Kier alpha value is -1.01. The number of amides is 2. The highest BCUT2D eigenvalue weighted by Crippen LogP contribution is 2.41. The van der Waals surface area contributed by atoms with E-state index in [2.05, 4.69) is 0 Å². The van der Waals surface area contributed by atoms with Crippen molar-refractivity contribution in [2.45, 2.75) is 0 Å². The molecule has 0 bridgehead atoms. The van der Waals surface area contributed by atoms with Crippen LogP contribution >= 0.6 is 46.1 Å². The van der Waals surface area contributed by atoms with Crippen LogP contribution in [0.1, 0.15) is 9.67 Å². The van der Waals surface area contributed by atoms with Crippen LogP contribution in [0, 0.1) is 0 Å². The molecule has 8 heteroatoms. The van der Waals surface area contributed by atoms with Crippen molar-refractivity contribution in [3.8, 4) is 0 Å². The minimum Gasteiger partial charge on any atom is -0.342 e. The topological polar surface area (TPSA) is 40.6 Å². The summed E-state index contributed by atoms with van der Waals surface area (Å²) >= 11 is 19.8. The van der Waals surface area contributed by atoms with Crippen LogP contribution in [0.15, 0.2) is 12.1 Å². The quantitative estimate of drug-likeness (QED) is 0.747. The highest BCUT2D eigenvalue weighted by molar-refractivity contribution is 7.21. The first-order valence-electron chi connectivity index (χ1n) is 6.57. The molecule has 4 nitrogen and oxygen atoms in total. The Morgan fingerprint density at radius 1 is 1.14 bits per heavy atom. The van der Waals surface area contributed by atoms with Gasteiger partial charge in [-0.15, -0.1) is 11.3 Å². The second kappa shape index (κ2) is 6.24. The molecule has 0 saturated carbocycles. The number of carbonyl (C=O) groups excluding carboxylic acids is 2. The van der Waals surface area contributed by atoms with E-state index in [-0.39, 0.29) is 5.91 Å². The Labute approximate surface area is 146 Å². The van der Waals surface area contributed by atoms with E-state index in [0.29, 0.717) is 51.5 Å². The minimum atomic E-state index is -0.135. The standard InChI is InChI=1S/C14H11Cl3N2O2S/c15-8-5-9(16)11-10(6-8)22-13(12(11)17)14(21)19-3-1-18(7-20)2-4-19/h5-7H,1-4H2. The first-order valence-corrected chi connectivity index (χ1v) is 8.52. The molecule has 1 aliphatic rings. The predicted octanol–water partition coefficient (Wildman–Crippen LogP) is 3.78. The SMILES string of the molecule is O=CN1CCN(C(=O)c2sc3cc(Cl)cc(Cl)c3c2Cl)CC1. The van der Waals surface area contributed by atoms with Gasteiger partial charge in [0.05, 0.1) is 10.0 Å². The largest absolute Gasteiger partial charge is 0.342 e. The van der Waals surface area contributed by atoms with Crippen molar-refractivity contribution in [2.75, 3.05) is 26.2 Å². The number of rotatable bonds is 2. The van der Waals surface area contributed by atoms with Gasteiger partial charge in [0.1, 0.15) is 4.88 Å². The monoisotopic (exact) mass is 376 g/mol. The highest BCUT2D eigenvalue weighted by Gasteiger charge is 2.26. The molecule has 0 radical (unpaired) electrons. The van der Waals surface area contributed by atoms with Gasteiger partial charge in [0.2, 0.25) is 6.41 Å². The number of nitrogens with zero attached hydrogens (tertiary/aromatic N) is 2. The van der Waals surface area contributed by atoms with Gasteiger partial charge in [-0.05, 0) is 12.1 Å². The molecule has 22 heavy (non-hydrogen) atoms. The summed E-state index contributed by atoms with van der Waals surface area (Å²) in [6, 6.07) is 3.36. The number of fused-ring (bicyclic) bond motifs is 1. The zero-order chi connectivity index (χ0) is 15.9. The molecular weight excluding hydrogens is 367 g/mol. The van der Waals surface area contributed by atoms with Crippen LogP contribution in [-0.2, 0) is 4.79 Å². The first-order chi connectivity index (χ1) is 10.5. The van der Waals surface area contributed by atoms with Gasteiger partial charge >= 0.3 is 0 Å². The molecule has 1 saturated heterocycles. The van der Waals surface area contributed by atoms with Crippen molar-refractivity contribution >= 4 is 68.5 Å². The molecule has 0 unspecified atom stereocenters. The van der Waals surface area contributed by atoms with Crippen molar-refractivity contribution in [3.63, 3.8) is 0 Å². The van der Waals surface area contributed by atoms with Gasteiger partial charge in [0.15, 0.2) is 0 Å². The Morgan fingerprint density at radius 2 is 1.82 bits per heavy atom. The number of hydrogen-bond donors (Lipinski definition) is 0. The molecule has 1 aromatic heterocycles. The van der Waals surface area contributed by atoms with E-state index in [0.717, 1.165) is 11.1 Å². The average Bonchev–Trinajstić information content (AvgIpc) is 2.83. The lowest BCUT2D eigenvalue weighted by Gasteiger charge is -2.32. The molecule has 3 rings (SSSR count). The lowest BCUT2D eigenvalue weighted by Crippen LogP contribution is -2.48. The summed E-state index contributed by atoms with van der Waals surface area (Å²) in [6.45, 7) is 2.06.